The number of carbonyl (C=O) groups is 1. The molecule has 3 rings (SSSR count). The van der Waals surface area contributed by atoms with E-state index >= 15 is 0 Å². The minimum Gasteiger partial charge on any atom is -0.338 e. The summed E-state index contributed by atoms with van der Waals surface area (Å²) in [6.07, 6.45) is 0.722. The first kappa shape index (κ1) is 18.7. The fourth-order valence-corrected chi connectivity index (χ4v) is 3.79. The maximum atomic E-state index is 12.0. The molecule has 0 unspecified atom stereocenters. The second-order valence-corrected chi connectivity index (χ2v) is 7.63. The van der Waals surface area contributed by atoms with E-state index in [9.17, 15) is 4.79 Å². The van der Waals surface area contributed by atoms with Crippen molar-refractivity contribution in [2.45, 2.75) is 13.3 Å². The Morgan fingerprint density at radius 1 is 1.12 bits per heavy atom. The molecule has 26 heavy (non-hydrogen) atoms. The number of halogens is 2. The van der Waals surface area contributed by atoms with Gasteiger partial charge in [-0.05, 0) is 37.3 Å². The second kappa shape index (κ2) is 8.54. The van der Waals surface area contributed by atoms with Gasteiger partial charge in [0.25, 0.3) is 0 Å². The van der Waals surface area contributed by atoms with Gasteiger partial charge in [0.05, 0.1) is 5.69 Å². The number of aromatic nitrogens is 1. The maximum absolute atomic E-state index is 12.0. The van der Waals surface area contributed by atoms with E-state index in [-0.39, 0.29) is 6.03 Å². The molecule has 0 atom stereocenters. The van der Waals surface area contributed by atoms with Crippen molar-refractivity contribution in [1.82, 2.24) is 10.3 Å². The zero-order chi connectivity index (χ0) is 18.5. The molecule has 0 bridgehead atoms. The van der Waals surface area contributed by atoms with Crippen molar-refractivity contribution in [2.24, 2.45) is 0 Å². The van der Waals surface area contributed by atoms with Crippen LogP contribution in [-0.4, -0.2) is 17.6 Å². The molecule has 2 N–H and O–H groups in total. The van der Waals surface area contributed by atoms with Crippen molar-refractivity contribution in [3.63, 3.8) is 0 Å². The fraction of sp³-hybridized carbons (Fsp3) is 0.158. The Morgan fingerprint density at radius 3 is 2.62 bits per heavy atom. The van der Waals surface area contributed by atoms with Crippen molar-refractivity contribution in [3.8, 4) is 10.6 Å². The highest BCUT2D eigenvalue weighted by Gasteiger charge is 2.10. The van der Waals surface area contributed by atoms with Crippen LogP contribution < -0.4 is 10.6 Å². The third kappa shape index (κ3) is 4.97. The molecule has 134 valence electrons. The molecule has 7 heteroatoms. The Balaban J connectivity index is 1.55. The summed E-state index contributed by atoms with van der Waals surface area (Å²) in [7, 11) is 0. The SMILES string of the molecule is Cc1nc(-c2ccc(Cl)cc2)sc1CCNC(=O)Nc1cccc(Cl)c1. The fourth-order valence-electron chi connectivity index (χ4n) is 2.41. The lowest BCUT2D eigenvalue weighted by atomic mass is 10.2. The van der Waals surface area contributed by atoms with Crippen LogP contribution in [0.5, 0.6) is 0 Å². The van der Waals surface area contributed by atoms with Crippen LogP contribution in [0.4, 0.5) is 10.5 Å². The van der Waals surface area contributed by atoms with Gasteiger partial charge in [-0.1, -0.05) is 41.4 Å². The molecular formula is C19H17Cl2N3OS. The van der Waals surface area contributed by atoms with Gasteiger partial charge < -0.3 is 10.6 Å². The minimum atomic E-state index is -0.257. The number of nitrogens with zero attached hydrogens (tertiary/aromatic N) is 1. The van der Waals surface area contributed by atoms with Gasteiger partial charge in [0, 0.05) is 39.1 Å². The maximum Gasteiger partial charge on any atom is 0.319 e. The zero-order valence-electron chi connectivity index (χ0n) is 14.1. The van der Waals surface area contributed by atoms with Crippen LogP contribution in [0, 0.1) is 6.92 Å². The first-order valence-corrected chi connectivity index (χ1v) is 9.61. The predicted octanol–water partition coefficient (Wildman–Crippen LogP) is 5.79. The summed E-state index contributed by atoms with van der Waals surface area (Å²) < 4.78 is 0. The Kier molecular flexibility index (Phi) is 6.14. The highest BCUT2D eigenvalue weighted by Crippen LogP contribution is 2.29. The lowest BCUT2D eigenvalue weighted by Gasteiger charge is -2.07. The molecule has 0 spiro atoms. The van der Waals surface area contributed by atoms with E-state index < -0.39 is 0 Å². The lowest BCUT2D eigenvalue weighted by Crippen LogP contribution is -2.30. The van der Waals surface area contributed by atoms with E-state index in [4.69, 9.17) is 23.2 Å². The molecular weight excluding hydrogens is 389 g/mol. The van der Waals surface area contributed by atoms with E-state index in [1.807, 2.05) is 31.2 Å². The smallest absolute Gasteiger partial charge is 0.319 e. The van der Waals surface area contributed by atoms with Crippen molar-refractivity contribution in [1.29, 1.82) is 0 Å². The number of thiazole rings is 1. The largest absolute Gasteiger partial charge is 0.338 e. The van der Waals surface area contributed by atoms with Gasteiger partial charge in [-0.2, -0.15) is 0 Å². The van der Waals surface area contributed by atoms with Crippen LogP contribution in [-0.2, 0) is 6.42 Å². The highest BCUT2D eigenvalue weighted by molar-refractivity contribution is 7.15. The third-order valence-electron chi connectivity index (χ3n) is 3.70. The number of amides is 2. The van der Waals surface area contributed by atoms with E-state index in [2.05, 4.69) is 15.6 Å². The molecule has 2 aromatic carbocycles. The Bertz CT molecular complexity index is 909. The Morgan fingerprint density at radius 2 is 1.88 bits per heavy atom. The normalized spacial score (nSPS) is 10.6. The average Bonchev–Trinajstić information content (AvgIpc) is 2.96. The van der Waals surface area contributed by atoms with E-state index in [0.29, 0.717) is 22.3 Å². The summed E-state index contributed by atoms with van der Waals surface area (Å²) in [5.74, 6) is 0. The lowest BCUT2D eigenvalue weighted by molar-refractivity contribution is 0.252. The molecule has 1 aromatic heterocycles. The van der Waals surface area contributed by atoms with Gasteiger partial charge in [-0.3, -0.25) is 0 Å². The van der Waals surface area contributed by atoms with Crippen LogP contribution >= 0.6 is 34.5 Å². The topological polar surface area (TPSA) is 54.0 Å². The number of nitrogens with one attached hydrogen (secondary N) is 2. The van der Waals surface area contributed by atoms with Crippen molar-refractivity contribution in [2.75, 3.05) is 11.9 Å². The summed E-state index contributed by atoms with van der Waals surface area (Å²) in [5.41, 5.74) is 2.69. The molecule has 0 saturated heterocycles. The van der Waals surface area contributed by atoms with E-state index in [1.54, 1.807) is 35.6 Å². The van der Waals surface area contributed by atoms with Crippen molar-refractivity contribution < 1.29 is 4.79 Å². The average molecular weight is 406 g/mol. The molecule has 0 saturated carbocycles. The minimum absolute atomic E-state index is 0.257. The Hall–Kier alpha value is -2.08. The second-order valence-electron chi connectivity index (χ2n) is 5.68. The number of aryl methyl sites for hydroxylation is 1. The number of hydrogen-bond acceptors (Lipinski definition) is 3. The third-order valence-corrected chi connectivity index (χ3v) is 5.46. The quantitative estimate of drug-likeness (QED) is 0.564. The van der Waals surface area contributed by atoms with Crippen molar-refractivity contribution in [3.05, 3.63) is 69.1 Å². The molecule has 0 aliphatic rings. The number of anilines is 1. The number of benzene rings is 2. The summed E-state index contributed by atoms with van der Waals surface area (Å²) in [4.78, 5) is 17.7. The molecule has 3 aromatic rings. The van der Waals surface area contributed by atoms with Crippen LogP contribution in [0.15, 0.2) is 48.5 Å². The first-order chi connectivity index (χ1) is 12.5. The highest BCUT2D eigenvalue weighted by atomic mass is 35.5. The van der Waals surface area contributed by atoms with Gasteiger partial charge in [-0.25, -0.2) is 9.78 Å². The summed E-state index contributed by atoms with van der Waals surface area (Å²) >= 11 is 13.5. The number of carbonyl (C=O) groups excluding carboxylic acids is 1. The number of rotatable bonds is 5. The number of hydrogen-bond donors (Lipinski definition) is 2. The molecule has 0 radical (unpaired) electrons. The van der Waals surface area contributed by atoms with Gasteiger partial charge >= 0.3 is 6.03 Å². The van der Waals surface area contributed by atoms with Gasteiger partial charge in [0.2, 0.25) is 0 Å². The standard InChI is InChI=1S/C19H17Cl2N3OS/c1-12-17(26-18(23-12)13-5-7-14(20)8-6-13)9-10-22-19(25)24-16-4-2-3-15(21)11-16/h2-8,11H,9-10H2,1H3,(H2,22,24,25). The van der Waals surface area contributed by atoms with E-state index in [1.165, 1.54) is 0 Å². The summed E-state index contributed by atoms with van der Waals surface area (Å²) in [5, 5.41) is 7.85. The molecule has 4 nitrogen and oxygen atoms in total. The summed E-state index contributed by atoms with van der Waals surface area (Å²) in [6.45, 7) is 2.51. The summed E-state index contributed by atoms with van der Waals surface area (Å²) in [6, 6.07) is 14.4. The molecule has 0 aliphatic carbocycles. The predicted molar refractivity (Wildman–Crippen MR) is 109 cm³/mol. The van der Waals surface area contributed by atoms with Crippen molar-refractivity contribution >= 4 is 46.3 Å². The number of urea groups is 1. The zero-order valence-corrected chi connectivity index (χ0v) is 16.4. The first-order valence-electron chi connectivity index (χ1n) is 8.04. The molecule has 2 amide bonds. The van der Waals surface area contributed by atoms with Crippen LogP contribution in [0.2, 0.25) is 10.0 Å². The van der Waals surface area contributed by atoms with Gasteiger partial charge in [0.15, 0.2) is 0 Å². The van der Waals surface area contributed by atoms with Crippen LogP contribution in [0.3, 0.4) is 0 Å². The van der Waals surface area contributed by atoms with Crippen LogP contribution in [0.25, 0.3) is 10.6 Å². The van der Waals surface area contributed by atoms with E-state index in [0.717, 1.165) is 27.6 Å². The molecule has 0 fully saturated rings. The monoisotopic (exact) mass is 405 g/mol. The molecule has 1 heterocycles. The van der Waals surface area contributed by atoms with Gasteiger partial charge in [0.1, 0.15) is 5.01 Å². The molecule has 0 aliphatic heterocycles. The van der Waals surface area contributed by atoms with Crippen LogP contribution in [0.1, 0.15) is 10.6 Å². The Labute approximate surface area is 166 Å². The van der Waals surface area contributed by atoms with Gasteiger partial charge in [-0.15, -0.1) is 11.3 Å².